The third-order valence-corrected chi connectivity index (χ3v) is 1.75. The molecular weight excluding hydrogens is 166 g/mol. The van der Waals surface area contributed by atoms with Crippen molar-refractivity contribution in [1.82, 2.24) is 0 Å². The second kappa shape index (κ2) is 6.45. The first-order chi connectivity index (χ1) is 5.22. The van der Waals surface area contributed by atoms with Crippen LogP contribution in [0.5, 0.6) is 0 Å². The van der Waals surface area contributed by atoms with Crippen molar-refractivity contribution in [2.45, 2.75) is 12.5 Å². The molecule has 0 aliphatic rings. The van der Waals surface area contributed by atoms with E-state index in [4.69, 9.17) is 5.73 Å². The molecule has 4 nitrogen and oxygen atoms in total. The zero-order valence-electron chi connectivity index (χ0n) is 6.70. The van der Waals surface area contributed by atoms with Crippen LogP contribution in [-0.4, -0.2) is 31.1 Å². The molecule has 0 aliphatic carbocycles. The lowest BCUT2D eigenvalue weighted by molar-refractivity contribution is -0.256. The highest BCUT2D eigenvalue weighted by Crippen LogP contribution is 1.99. The smallest absolute Gasteiger partial charge is 0.318 e. The zero-order valence-corrected chi connectivity index (χ0v) is 7.52. The van der Waals surface area contributed by atoms with E-state index in [0.717, 1.165) is 5.75 Å². The molecule has 1 atom stereocenters. The van der Waals surface area contributed by atoms with Crippen LogP contribution in [0.3, 0.4) is 0 Å². The Kier molecular flexibility index (Phi) is 6.30. The van der Waals surface area contributed by atoms with Gasteiger partial charge in [-0.2, -0.15) is 16.6 Å². The van der Waals surface area contributed by atoms with Gasteiger partial charge in [0, 0.05) is 0 Å². The summed E-state index contributed by atoms with van der Waals surface area (Å²) < 4.78 is 0. The van der Waals surface area contributed by atoms with Crippen LogP contribution >= 0.6 is 11.8 Å². The normalized spacial score (nSPS) is 12.6. The summed E-state index contributed by atoms with van der Waals surface area (Å²) in [5, 5.41) is 0. The molecule has 0 rings (SSSR count). The minimum atomic E-state index is -0.567. The Morgan fingerprint density at radius 1 is 1.73 bits per heavy atom. The summed E-state index contributed by atoms with van der Waals surface area (Å²) in [6, 6.07) is -0.567. The van der Waals surface area contributed by atoms with Gasteiger partial charge in [-0.05, 0) is 18.4 Å². The number of nitrogens with two attached hydrogens (primary N) is 1. The van der Waals surface area contributed by atoms with Gasteiger partial charge in [-0.1, -0.05) is 0 Å². The molecule has 0 saturated carbocycles. The summed E-state index contributed by atoms with van der Waals surface area (Å²) in [5.41, 5.74) is 5.42. The van der Waals surface area contributed by atoms with E-state index in [0.29, 0.717) is 6.42 Å². The van der Waals surface area contributed by atoms with E-state index in [1.165, 1.54) is 7.11 Å². The molecule has 0 bridgehead atoms. The van der Waals surface area contributed by atoms with Crippen LogP contribution in [0.2, 0.25) is 0 Å². The van der Waals surface area contributed by atoms with Gasteiger partial charge in [0.05, 0.1) is 7.11 Å². The standard InChI is InChI=1S/C6H13NO3S/c1-9-10-6(8)5(7)3-4-11-2/h5H,3-4,7H2,1-2H3. The van der Waals surface area contributed by atoms with Gasteiger partial charge in [0.1, 0.15) is 6.04 Å². The summed E-state index contributed by atoms with van der Waals surface area (Å²) in [6.07, 6.45) is 2.57. The number of hydrogen-bond acceptors (Lipinski definition) is 5. The maximum absolute atomic E-state index is 10.8. The Hall–Kier alpha value is -0.260. The molecule has 0 aliphatic heterocycles. The number of thioether (sulfide) groups is 1. The van der Waals surface area contributed by atoms with Crippen LogP contribution in [0.25, 0.3) is 0 Å². The SMILES string of the molecule is COOC(=O)C(N)CCSC. The summed E-state index contributed by atoms with van der Waals surface area (Å²) in [4.78, 5) is 19.2. The van der Waals surface area contributed by atoms with Crippen LogP contribution in [0, 0.1) is 0 Å². The van der Waals surface area contributed by atoms with Crippen molar-refractivity contribution < 1.29 is 14.6 Å². The third-order valence-electron chi connectivity index (χ3n) is 1.10. The van der Waals surface area contributed by atoms with Crippen LogP contribution in [0.15, 0.2) is 0 Å². The molecule has 0 spiro atoms. The third kappa shape index (κ3) is 5.06. The molecule has 1 unspecified atom stereocenters. The summed E-state index contributed by atoms with van der Waals surface area (Å²) in [7, 11) is 1.28. The van der Waals surface area contributed by atoms with Crippen molar-refractivity contribution in [2.75, 3.05) is 19.1 Å². The quantitative estimate of drug-likeness (QED) is 0.481. The summed E-state index contributed by atoms with van der Waals surface area (Å²) >= 11 is 1.64. The van der Waals surface area contributed by atoms with Crippen LogP contribution < -0.4 is 5.73 Å². The largest absolute Gasteiger partial charge is 0.358 e. The van der Waals surface area contributed by atoms with E-state index in [9.17, 15) is 4.79 Å². The highest BCUT2D eigenvalue weighted by Gasteiger charge is 2.14. The molecule has 5 heteroatoms. The fourth-order valence-electron chi connectivity index (χ4n) is 0.507. The lowest BCUT2D eigenvalue weighted by atomic mass is 10.2. The van der Waals surface area contributed by atoms with Crippen molar-refractivity contribution in [3.05, 3.63) is 0 Å². The van der Waals surface area contributed by atoms with Gasteiger partial charge in [-0.25, -0.2) is 4.79 Å². The van der Waals surface area contributed by atoms with E-state index in [1.807, 2.05) is 6.26 Å². The molecule has 0 heterocycles. The van der Waals surface area contributed by atoms with Gasteiger partial charge >= 0.3 is 5.97 Å². The van der Waals surface area contributed by atoms with Crippen LogP contribution in [0.4, 0.5) is 0 Å². The molecule has 2 N–H and O–H groups in total. The fraction of sp³-hybridized carbons (Fsp3) is 0.833. The molecule has 0 radical (unpaired) electrons. The molecule has 66 valence electrons. The van der Waals surface area contributed by atoms with Crippen molar-refractivity contribution >= 4 is 17.7 Å². The van der Waals surface area contributed by atoms with E-state index < -0.39 is 12.0 Å². The fourth-order valence-corrected chi connectivity index (χ4v) is 0.996. The first kappa shape index (κ1) is 10.7. The van der Waals surface area contributed by atoms with Gasteiger partial charge in [-0.3, -0.25) is 4.89 Å². The molecule has 0 aromatic heterocycles. The monoisotopic (exact) mass is 179 g/mol. The zero-order chi connectivity index (χ0) is 8.69. The number of hydrogen-bond donors (Lipinski definition) is 1. The lowest BCUT2D eigenvalue weighted by Crippen LogP contribution is -2.32. The summed E-state index contributed by atoms with van der Waals surface area (Å²) in [5.74, 6) is 0.335. The Morgan fingerprint density at radius 2 is 2.36 bits per heavy atom. The molecular formula is C6H13NO3S. The second-order valence-electron chi connectivity index (χ2n) is 1.96. The minimum absolute atomic E-state index is 0.512. The van der Waals surface area contributed by atoms with E-state index >= 15 is 0 Å². The van der Waals surface area contributed by atoms with Crippen molar-refractivity contribution in [3.63, 3.8) is 0 Å². The number of rotatable bonds is 5. The Bertz CT molecular complexity index is 120. The molecule has 0 saturated heterocycles. The van der Waals surface area contributed by atoms with Gasteiger partial charge in [0.2, 0.25) is 0 Å². The number of carbonyl (C=O) groups is 1. The van der Waals surface area contributed by atoms with Crippen molar-refractivity contribution in [1.29, 1.82) is 0 Å². The van der Waals surface area contributed by atoms with Gasteiger partial charge in [0.15, 0.2) is 0 Å². The van der Waals surface area contributed by atoms with Crippen LogP contribution in [-0.2, 0) is 14.6 Å². The minimum Gasteiger partial charge on any atom is -0.318 e. The maximum atomic E-state index is 10.8. The number of carbonyl (C=O) groups excluding carboxylic acids is 1. The van der Waals surface area contributed by atoms with E-state index in [2.05, 4.69) is 9.78 Å². The van der Waals surface area contributed by atoms with Gasteiger partial charge < -0.3 is 5.73 Å². The van der Waals surface area contributed by atoms with E-state index in [-0.39, 0.29) is 0 Å². The molecule has 0 amide bonds. The predicted octanol–water partition coefficient (Wildman–Crippen LogP) is 0.171. The average Bonchev–Trinajstić information content (AvgIpc) is 2.00. The maximum Gasteiger partial charge on any atom is 0.358 e. The Morgan fingerprint density at radius 3 is 2.82 bits per heavy atom. The lowest BCUT2D eigenvalue weighted by Gasteiger charge is -2.06. The highest BCUT2D eigenvalue weighted by atomic mass is 32.2. The first-order valence-electron chi connectivity index (χ1n) is 3.21. The predicted molar refractivity (Wildman–Crippen MR) is 44.1 cm³/mol. The molecule has 0 aromatic rings. The summed E-state index contributed by atoms with van der Waals surface area (Å²) in [6.45, 7) is 0. The van der Waals surface area contributed by atoms with Gasteiger partial charge in [-0.15, -0.1) is 0 Å². The second-order valence-corrected chi connectivity index (χ2v) is 2.94. The molecule has 0 fully saturated rings. The first-order valence-corrected chi connectivity index (χ1v) is 4.60. The van der Waals surface area contributed by atoms with Gasteiger partial charge in [0.25, 0.3) is 0 Å². The Balaban J connectivity index is 3.46. The van der Waals surface area contributed by atoms with Crippen molar-refractivity contribution in [3.8, 4) is 0 Å². The molecule has 11 heavy (non-hydrogen) atoms. The average molecular weight is 179 g/mol. The van der Waals surface area contributed by atoms with E-state index in [1.54, 1.807) is 11.8 Å². The van der Waals surface area contributed by atoms with Crippen molar-refractivity contribution in [2.24, 2.45) is 5.73 Å². The topological polar surface area (TPSA) is 61.5 Å². The Labute approximate surface area is 70.3 Å². The molecule has 0 aromatic carbocycles. The highest BCUT2D eigenvalue weighted by molar-refractivity contribution is 7.98. The van der Waals surface area contributed by atoms with Crippen LogP contribution in [0.1, 0.15) is 6.42 Å².